The number of allylic oxidation sites excluding steroid dienone is 1. The fourth-order valence-electron chi connectivity index (χ4n) is 2.15. The zero-order valence-electron chi connectivity index (χ0n) is 12.3. The van der Waals surface area contributed by atoms with E-state index in [-0.39, 0.29) is 0 Å². The molecule has 1 aliphatic rings. The second-order valence-corrected chi connectivity index (χ2v) is 5.11. The van der Waals surface area contributed by atoms with Gasteiger partial charge < -0.3 is 10.1 Å². The zero-order chi connectivity index (χ0) is 14.7. The van der Waals surface area contributed by atoms with Gasteiger partial charge in [-0.25, -0.2) is 4.98 Å². The van der Waals surface area contributed by atoms with E-state index in [1.165, 1.54) is 12.8 Å². The zero-order valence-corrected chi connectivity index (χ0v) is 12.3. The van der Waals surface area contributed by atoms with E-state index in [4.69, 9.17) is 4.74 Å². The third-order valence-electron chi connectivity index (χ3n) is 3.40. The van der Waals surface area contributed by atoms with Gasteiger partial charge in [-0.1, -0.05) is 30.4 Å². The molecule has 1 saturated carbocycles. The summed E-state index contributed by atoms with van der Waals surface area (Å²) in [7, 11) is 1.86. The Morgan fingerprint density at radius 1 is 1.24 bits per heavy atom. The van der Waals surface area contributed by atoms with Crippen LogP contribution in [0.5, 0.6) is 11.6 Å². The molecule has 4 nitrogen and oxygen atoms in total. The molecule has 4 heteroatoms. The van der Waals surface area contributed by atoms with Gasteiger partial charge in [-0.3, -0.25) is 0 Å². The molecule has 0 aliphatic heterocycles. The molecule has 0 unspecified atom stereocenters. The topological polar surface area (TPSA) is 47.0 Å². The molecule has 0 spiro atoms. The summed E-state index contributed by atoms with van der Waals surface area (Å²) in [6.07, 6.45) is 6.36. The molecule has 0 radical (unpaired) electrons. The molecule has 0 saturated heterocycles. The second-order valence-electron chi connectivity index (χ2n) is 5.11. The SMILES string of the molecule is C/C=C/c1ccccc1Oc1cc(NC)nc(C2CC2)n1. The van der Waals surface area contributed by atoms with Crippen molar-refractivity contribution in [3.05, 3.63) is 47.8 Å². The van der Waals surface area contributed by atoms with E-state index in [9.17, 15) is 0 Å². The summed E-state index contributed by atoms with van der Waals surface area (Å²) in [6.45, 7) is 1.99. The van der Waals surface area contributed by atoms with Crippen molar-refractivity contribution >= 4 is 11.9 Å². The van der Waals surface area contributed by atoms with E-state index >= 15 is 0 Å². The van der Waals surface area contributed by atoms with Crippen molar-refractivity contribution in [3.8, 4) is 11.6 Å². The third-order valence-corrected chi connectivity index (χ3v) is 3.40. The number of benzene rings is 1. The lowest BCUT2D eigenvalue weighted by Gasteiger charge is -2.10. The highest BCUT2D eigenvalue weighted by Gasteiger charge is 2.27. The molecule has 2 aromatic rings. The Morgan fingerprint density at radius 2 is 2.05 bits per heavy atom. The first-order valence-electron chi connectivity index (χ1n) is 7.26. The number of hydrogen-bond donors (Lipinski definition) is 1. The number of anilines is 1. The monoisotopic (exact) mass is 281 g/mol. The average Bonchev–Trinajstić information content (AvgIpc) is 3.34. The van der Waals surface area contributed by atoms with E-state index in [1.807, 2.05) is 56.5 Å². The Kier molecular flexibility index (Phi) is 3.86. The number of nitrogens with zero attached hydrogens (tertiary/aromatic N) is 2. The minimum Gasteiger partial charge on any atom is -0.438 e. The van der Waals surface area contributed by atoms with Gasteiger partial charge in [-0.05, 0) is 25.8 Å². The third kappa shape index (κ3) is 3.21. The Morgan fingerprint density at radius 3 is 2.76 bits per heavy atom. The average molecular weight is 281 g/mol. The van der Waals surface area contributed by atoms with Gasteiger partial charge in [-0.2, -0.15) is 4.98 Å². The Hall–Kier alpha value is -2.36. The predicted octanol–water partition coefficient (Wildman–Crippen LogP) is 4.22. The van der Waals surface area contributed by atoms with Gasteiger partial charge in [0, 0.05) is 24.6 Å². The van der Waals surface area contributed by atoms with Crippen LogP contribution in [0.3, 0.4) is 0 Å². The fraction of sp³-hybridized carbons (Fsp3) is 0.294. The Bertz CT molecular complexity index is 663. The summed E-state index contributed by atoms with van der Waals surface area (Å²) in [5, 5.41) is 3.07. The molecule has 1 aromatic heterocycles. The van der Waals surface area contributed by atoms with Crippen molar-refractivity contribution in [2.45, 2.75) is 25.7 Å². The summed E-state index contributed by atoms with van der Waals surface area (Å²) in [5.74, 6) is 3.56. The lowest BCUT2D eigenvalue weighted by Crippen LogP contribution is -2.01. The molecular formula is C17H19N3O. The quantitative estimate of drug-likeness (QED) is 0.891. The van der Waals surface area contributed by atoms with E-state index < -0.39 is 0 Å². The van der Waals surface area contributed by atoms with Gasteiger partial charge in [0.25, 0.3) is 0 Å². The number of ether oxygens (including phenoxy) is 1. The highest BCUT2D eigenvalue weighted by Crippen LogP contribution is 2.39. The van der Waals surface area contributed by atoms with Gasteiger partial charge in [0.05, 0.1) is 0 Å². The van der Waals surface area contributed by atoms with Gasteiger partial charge in [0.1, 0.15) is 17.4 Å². The summed E-state index contributed by atoms with van der Waals surface area (Å²) >= 11 is 0. The smallest absolute Gasteiger partial charge is 0.224 e. The molecule has 1 heterocycles. The molecule has 1 fully saturated rings. The second kappa shape index (κ2) is 5.95. The molecule has 0 atom stereocenters. The predicted molar refractivity (Wildman–Crippen MR) is 84.8 cm³/mol. The molecular weight excluding hydrogens is 262 g/mol. The van der Waals surface area contributed by atoms with Crippen molar-refractivity contribution in [1.29, 1.82) is 0 Å². The first kappa shape index (κ1) is 13.6. The number of para-hydroxylation sites is 1. The van der Waals surface area contributed by atoms with Crippen LogP contribution in [0.1, 0.15) is 37.1 Å². The van der Waals surface area contributed by atoms with Crippen molar-refractivity contribution in [1.82, 2.24) is 9.97 Å². The highest BCUT2D eigenvalue weighted by atomic mass is 16.5. The normalized spacial score (nSPS) is 14.4. The summed E-state index contributed by atoms with van der Waals surface area (Å²) in [4.78, 5) is 9.04. The van der Waals surface area contributed by atoms with Crippen LogP contribution >= 0.6 is 0 Å². The van der Waals surface area contributed by atoms with E-state index in [2.05, 4.69) is 15.3 Å². The fourth-order valence-corrected chi connectivity index (χ4v) is 2.15. The van der Waals surface area contributed by atoms with Crippen LogP contribution < -0.4 is 10.1 Å². The molecule has 3 rings (SSSR count). The Labute approximate surface area is 124 Å². The van der Waals surface area contributed by atoms with E-state index in [0.717, 1.165) is 23.0 Å². The molecule has 1 N–H and O–H groups in total. The van der Waals surface area contributed by atoms with E-state index in [0.29, 0.717) is 11.8 Å². The van der Waals surface area contributed by atoms with Gasteiger partial charge in [-0.15, -0.1) is 0 Å². The van der Waals surface area contributed by atoms with Crippen LogP contribution in [0.15, 0.2) is 36.4 Å². The largest absolute Gasteiger partial charge is 0.438 e. The highest BCUT2D eigenvalue weighted by molar-refractivity contribution is 5.57. The van der Waals surface area contributed by atoms with E-state index in [1.54, 1.807) is 0 Å². The maximum atomic E-state index is 5.98. The van der Waals surface area contributed by atoms with Crippen molar-refractivity contribution in [2.75, 3.05) is 12.4 Å². The lowest BCUT2D eigenvalue weighted by molar-refractivity contribution is 0.458. The standard InChI is InChI=1S/C17H19N3O/c1-3-6-12-7-4-5-8-14(12)21-16-11-15(18-2)19-17(20-16)13-9-10-13/h3-8,11,13H,9-10H2,1-2H3,(H,18,19,20)/b6-3+. The van der Waals surface area contributed by atoms with Crippen LogP contribution in [0.4, 0.5) is 5.82 Å². The number of nitrogens with one attached hydrogen (secondary N) is 1. The molecule has 108 valence electrons. The number of hydrogen-bond acceptors (Lipinski definition) is 4. The number of rotatable bonds is 5. The lowest BCUT2D eigenvalue weighted by atomic mass is 10.2. The van der Waals surface area contributed by atoms with Crippen LogP contribution in [0.2, 0.25) is 0 Å². The van der Waals surface area contributed by atoms with Crippen molar-refractivity contribution in [3.63, 3.8) is 0 Å². The van der Waals surface area contributed by atoms with Crippen molar-refractivity contribution < 1.29 is 4.74 Å². The summed E-state index contributed by atoms with van der Waals surface area (Å²) in [6, 6.07) is 9.77. The first-order chi connectivity index (χ1) is 10.3. The van der Waals surface area contributed by atoms with Crippen molar-refractivity contribution in [2.24, 2.45) is 0 Å². The minimum absolute atomic E-state index is 0.492. The maximum Gasteiger partial charge on any atom is 0.224 e. The molecule has 21 heavy (non-hydrogen) atoms. The summed E-state index contributed by atoms with van der Waals surface area (Å²) < 4.78 is 5.98. The van der Waals surface area contributed by atoms with Crippen LogP contribution in [0, 0.1) is 0 Å². The minimum atomic E-state index is 0.492. The molecule has 1 aliphatic carbocycles. The van der Waals surface area contributed by atoms with Gasteiger partial charge in [0.2, 0.25) is 5.88 Å². The van der Waals surface area contributed by atoms with Crippen LogP contribution in [0.25, 0.3) is 6.08 Å². The van der Waals surface area contributed by atoms with Gasteiger partial charge >= 0.3 is 0 Å². The maximum absolute atomic E-state index is 5.98. The van der Waals surface area contributed by atoms with Gasteiger partial charge in [0.15, 0.2) is 0 Å². The van der Waals surface area contributed by atoms with Crippen LogP contribution in [-0.2, 0) is 0 Å². The Balaban J connectivity index is 1.92. The first-order valence-corrected chi connectivity index (χ1v) is 7.26. The molecule has 1 aromatic carbocycles. The molecule has 0 bridgehead atoms. The number of aromatic nitrogens is 2. The molecule has 0 amide bonds. The summed E-state index contributed by atoms with van der Waals surface area (Å²) in [5.41, 5.74) is 1.04. The van der Waals surface area contributed by atoms with Crippen LogP contribution in [-0.4, -0.2) is 17.0 Å².